The lowest BCUT2D eigenvalue weighted by molar-refractivity contribution is -0.128. The van der Waals surface area contributed by atoms with E-state index in [9.17, 15) is 9.59 Å². The third kappa shape index (κ3) is 4.58. The van der Waals surface area contributed by atoms with Crippen molar-refractivity contribution >= 4 is 39.9 Å². The molecule has 2 amide bonds. The number of hydrogen-bond acceptors (Lipinski definition) is 4. The summed E-state index contributed by atoms with van der Waals surface area (Å²) < 4.78 is 2.13. The monoisotopic (exact) mass is 495 g/mol. The molecule has 3 atom stereocenters. The van der Waals surface area contributed by atoms with Gasteiger partial charge in [-0.1, -0.05) is 37.9 Å². The van der Waals surface area contributed by atoms with Crippen molar-refractivity contribution in [1.82, 2.24) is 25.7 Å². The second-order valence-corrected chi connectivity index (χ2v) is 11.5. The maximum atomic E-state index is 13.2. The van der Waals surface area contributed by atoms with Gasteiger partial charge >= 0.3 is 0 Å². The maximum Gasteiger partial charge on any atom is 0.225 e. The number of carbonyl (C=O) groups is 2. The number of benzene rings is 1. The summed E-state index contributed by atoms with van der Waals surface area (Å²) in [6.45, 7) is 8.94. The SMILES string of the molecule is CC(=O)N[C@@H]1CCC[C@H](C(=O)NC2(C)C=C(c3ccc4nn5c(c4c3)C(C)(C)CC5)C(Cl)=CN2)C1. The van der Waals surface area contributed by atoms with Crippen LogP contribution in [-0.4, -0.2) is 33.3 Å². The van der Waals surface area contributed by atoms with Crippen LogP contribution < -0.4 is 16.0 Å². The number of aromatic nitrogens is 2. The van der Waals surface area contributed by atoms with Crippen molar-refractivity contribution in [2.75, 3.05) is 0 Å². The lowest BCUT2D eigenvalue weighted by Gasteiger charge is -2.36. The van der Waals surface area contributed by atoms with Crippen molar-refractivity contribution in [1.29, 1.82) is 0 Å². The molecule has 3 N–H and O–H groups in total. The molecule has 1 aromatic carbocycles. The molecule has 1 unspecified atom stereocenters. The summed E-state index contributed by atoms with van der Waals surface area (Å²) in [5.74, 6) is -0.191. The predicted molar refractivity (Wildman–Crippen MR) is 139 cm³/mol. The average molecular weight is 496 g/mol. The van der Waals surface area contributed by atoms with Gasteiger partial charge in [-0.15, -0.1) is 0 Å². The summed E-state index contributed by atoms with van der Waals surface area (Å²) in [7, 11) is 0. The zero-order chi connectivity index (χ0) is 25.0. The minimum Gasteiger partial charge on any atom is -0.364 e. The lowest BCUT2D eigenvalue weighted by Crippen LogP contribution is -2.56. The fourth-order valence-electron chi connectivity index (χ4n) is 5.87. The van der Waals surface area contributed by atoms with Crippen LogP contribution in [0.4, 0.5) is 0 Å². The Kier molecular flexibility index (Phi) is 5.94. The van der Waals surface area contributed by atoms with Crippen LogP contribution in [0.3, 0.4) is 0 Å². The molecule has 3 heterocycles. The second-order valence-electron chi connectivity index (χ2n) is 11.1. The molecule has 7 nitrogen and oxygen atoms in total. The smallest absolute Gasteiger partial charge is 0.225 e. The van der Waals surface area contributed by atoms with E-state index in [1.54, 1.807) is 6.20 Å². The molecule has 35 heavy (non-hydrogen) atoms. The van der Waals surface area contributed by atoms with Crippen LogP contribution in [0.25, 0.3) is 16.5 Å². The molecule has 1 fully saturated rings. The molecule has 0 bridgehead atoms. The lowest BCUT2D eigenvalue weighted by atomic mass is 9.84. The zero-order valence-electron chi connectivity index (χ0n) is 20.9. The van der Waals surface area contributed by atoms with Crippen molar-refractivity contribution in [3.63, 3.8) is 0 Å². The van der Waals surface area contributed by atoms with Crippen molar-refractivity contribution in [3.05, 3.63) is 46.8 Å². The van der Waals surface area contributed by atoms with Crippen molar-refractivity contribution < 1.29 is 9.59 Å². The first kappa shape index (κ1) is 23.9. The number of dihydropyridines is 1. The highest BCUT2D eigenvalue weighted by molar-refractivity contribution is 6.37. The molecule has 1 saturated carbocycles. The summed E-state index contributed by atoms with van der Waals surface area (Å²) in [4.78, 5) is 24.7. The molecule has 2 aromatic rings. The van der Waals surface area contributed by atoms with Gasteiger partial charge in [-0.3, -0.25) is 14.3 Å². The molecule has 0 saturated heterocycles. The third-order valence-corrected chi connectivity index (χ3v) is 7.98. The molecular weight excluding hydrogens is 462 g/mol. The Morgan fingerprint density at radius 1 is 1.23 bits per heavy atom. The molecule has 8 heteroatoms. The Labute approximate surface area is 211 Å². The minimum atomic E-state index is -0.777. The summed E-state index contributed by atoms with van der Waals surface area (Å²) >= 11 is 6.65. The van der Waals surface area contributed by atoms with Gasteiger partial charge in [0.05, 0.1) is 16.2 Å². The summed E-state index contributed by atoms with van der Waals surface area (Å²) in [6.07, 6.45) is 8.16. The van der Waals surface area contributed by atoms with Gasteiger partial charge in [0.25, 0.3) is 0 Å². The van der Waals surface area contributed by atoms with Gasteiger partial charge in [-0.05, 0) is 56.4 Å². The van der Waals surface area contributed by atoms with Gasteiger partial charge in [0, 0.05) is 48.0 Å². The molecule has 1 aromatic heterocycles. The fourth-order valence-corrected chi connectivity index (χ4v) is 6.09. The number of amides is 2. The Hall–Kier alpha value is -2.80. The normalized spacial score (nSPS) is 27.5. The van der Waals surface area contributed by atoms with Gasteiger partial charge in [-0.2, -0.15) is 5.10 Å². The van der Waals surface area contributed by atoms with E-state index in [1.807, 2.05) is 19.1 Å². The Morgan fingerprint density at radius 2 is 2.03 bits per heavy atom. The first-order valence-corrected chi connectivity index (χ1v) is 12.9. The van der Waals surface area contributed by atoms with E-state index in [0.29, 0.717) is 11.5 Å². The number of hydrogen-bond donors (Lipinski definition) is 3. The van der Waals surface area contributed by atoms with Crippen LogP contribution in [0.15, 0.2) is 35.5 Å². The quantitative estimate of drug-likeness (QED) is 0.589. The summed E-state index contributed by atoms with van der Waals surface area (Å²) in [5.41, 5.74) is 3.45. The van der Waals surface area contributed by atoms with Gasteiger partial charge < -0.3 is 16.0 Å². The average Bonchev–Trinajstić information content (AvgIpc) is 3.31. The number of nitrogens with one attached hydrogen (secondary N) is 3. The number of rotatable bonds is 4. The second kappa shape index (κ2) is 8.70. The Morgan fingerprint density at radius 3 is 2.80 bits per heavy atom. The van der Waals surface area contributed by atoms with Gasteiger partial charge in [0.1, 0.15) is 5.66 Å². The predicted octanol–water partition coefficient (Wildman–Crippen LogP) is 4.31. The van der Waals surface area contributed by atoms with Crippen LogP contribution in [0, 0.1) is 5.92 Å². The van der Waals surface area contributed by atoms with Crippen molar-refractivity contribution in [3.8, 4) is 0 Å². The van der Waals surface area contributed by atoms with Gasteiger partial charge in [-0.25, -0.2) is 0 Å². The Balaban J connectivity index is 1.40. The highest BCUT2D eigenvalue weighted by Gasteiger charge is 2.35. The zero-order valence-corrected chi connectivity index (χ0v) is 21.6. The highest BCUT2D eigenvalue weighted by atomic mass is 35.5. The molecular formula is C27H34ClN5O2. The van der Waals surface area contributed by atoms with Crippen molar-refractivity contribution in [2.24, 2.45) is 5.92 Å². The third-order valence-electron chi connectivity index (χ3n) is 7.66. The number of carbonyl (C=O) groups excluding carboxylic acids is 2. The van der Waals surface area contributed by atoms with Gasteiger partial charge in [0.2, 0.25) is 11.8 Å². The molecule has 1 aliphatic carbocycles. The minimum absolute atomic E-state index is 0.0104. The topological polar surface area (TPSA) is 88.1 Å². The number of nitrogens with zero attached hydrogens (tertiary/aromatic N) is 2. The molecule has 5 rings (SSSR count). The molecule has 0 spiro atoms. The number of aryl methyl sites for hydroxylation is 1. The summed E-state index contributed by atoms with van der Waals surface area (Å²) in [5, 5.41) is 16.0. The largest absolute Gasteiger partial charge is 0.364 e. The van der Waals surface area contributed by atoms with E-state index in [0.717, 1.165) is 54.3 Å². The maximum absolute atomic E-state index is 13.2. The van der Waals surface area contributed by atoms with Gasteiger partial charge in [0.15, 0.2) is 0 Å². The van der Waals surface area contributed by atoms with Crippen LogP contribution in [0.2, 0.25) is 0 Å². The van der Waals surface area contributed by atoms with E-state index < -0.39 is 5.66 Å². The first-order chi connectivity index (χ1) is 16.5. The standard InChI is InChI=1S/C27H34ClN5O2/c1-16(34)30-19-7-5-6-18(12-19)25(35)31-27(4)14-21(22(28)15-29-27)17-8-9-23-20(13-17)24-26(2,3)10-11-33(24)32-23/h8-9,13-15,18-19,29H,5-7,10-12H2,1-4H3,(H,30,34)(H,31,35)/t18-,19+,27?/m0/s1. The molecule has 186 valence electrons. The van der Waals surface area contributed by atoms with E-state index in [2.05, 4.69) is 46.6 Å². The van der Waals surface area contributed by atoms with E-state index >= 15 is 0 Å². The van der Waals surface area contributed by atoms with E-state index in [4.69, 9.17) is 16.7 Å². The summed E-state index contributed by atoms with van der Waals surface area (Å²) in [6, 6.07) is 6.33. The van der Waals surface area contributed by atoms with E-state index in [-0.39, 0.29) is 29.2 Å². The fraction of sp³-hybridized carbons (Fsp3) is 0.519. The van der Waals surface area contributed by atoms with E-state index in [1.165, 1.54) is 12.6 Å². The van der Waals surface area contributed by atoms with Crippen LogP contribution in [0.1, 0.15) is 71.1 Å². The molecule has 0 radical (unpaired) electrons. The highest BCUT2D eigenvalue weighted by Crippen LogP contribution is 2.40. The van der Waals surface area contributed by atoms with Crippen LogP contribution >= 0.6 is 11.6 Å². The number of fused-ring (bicyclic) bond motifs is 3. The van der Waals surface area contributed by atoms with Crippen LogP contribution in [-0.2, 0) is 21.5 Å². The molecule has 2 aliphatic heterocycles. The van der Waals surface area contributed by atoms with Crippen molar-refractivity contribution in [2.45, 2.75) is 83.5 Å². The number of allylic oxidation sites excluding steroid dienone is 2. The number of halogens is 1. The van der Waals surface area contributed by atoms with Crippen LogP contribution in [0.5, 0.6) is 0 Å². The Bertz CT molecular complexity index is 1260. The first-order valence-electron chi connectivity index (χ1n) is 12.5. The molecule has 3 aliphatic rings.